The summed E-state index contributed by atoms with van der Waals surface area (Å²) in [6.07, 6.45) is 1.67. The summed E-state index contributed by atoms with van der Waals surface area (Å²) in [4.78, 5) is 30.5. The van der Waals surface area contributed by atoms with E-state index >= 15 is 0 Å². The van der Waals surface area contributed by atoms with E-state index < -0.39 is 0 Å². The van der Waals surface area contributed by atoms with Crippen molar-refractivity contribution >= 4 is 34.1 Å². The molecule has 7 heteroatoms. The lowest BCUT2D eigenvalue weighted by Gasteiger charge is -2.22. The average molecular weight is 379 g/mol. The van der Waals surface area contributed by atoms with Crippen LogP contribution in [0, 0.1) is 0 Å². The summed E-state index contributed by atoms with van der Waals surface area (Å²) in [5, 5.41) is 3.76. The number of rotatable bonds is 6. The zero-order valence-corrected chi connectivity index (χ0v) is 15.9. The van der Waals surface area contributed by atoms with Crippen molar-refractivity contribution in [3.8, 4) is 11.5 Å². The molecule has 0 radical (unpaired) electrons. The van der Waals surface area contributed by atoms with Gasteiger partial charge in [-0.1, -0.05) is 18.2 Å². The fourth-order valence-corrected chi connectivity index (χ4v) is 2.92. The van der Waals surface area contributed by atoms with Crippen LogP contribution in [0.5, 0.6) is 11.5 Å². The van der Waals surface area contributed by atoms with Crippen molar-refractivity contribution in [3.63, 3.8) is 0 Å². The van der Waals surface area contributed by atoms with Crippen LogP contribution in [-0.4, -0.2) is 37.6 Å². The molecule has 0 aliphatic rings. The van der Waals surface area contributed by atoms with Gasteiger partial charge in [-0.2, -0.15) is 0 Å². The van der Waals surface area contributed by atoms with E-state index in [1.807, 2.05) is 24.3 Å². The molecule has 144 valence electrons. The molecule has 1 heterocycles. The molecule has 0 bridgehead atoms. The van der Waals surface area contributed by atoms with Crippen LogP contribution < -0.4 is 19.7 Å². The Balaban J connectivity index is 1.83. The molecule has 7 nitrogen and oxygen atoms in total. The van der Waals surface area contributed by atoms with Crippen LogP contribution in [-0.2, 0) is 9.59 Å². The first-order chi connectivity index (χ1) is 13.5. The zero-order chi connectivity index (χ0) is 20.1. The molecule has 28 heavy (non-hydrogen) atoms. The number of ether oxygens (including phenoxy) is 2. The molecule has 0 atom stereocenters. The lowest BCUT2D eigenvalue weighted by atomic mass is 10.2. The highest BCUT2D eigenvalue weighted by Crippen LogP contribution is 2.31. The van der Waals surface area contributed by atoms with Gasteiger partial charge in [0.15, 0.2) is 11.5 Å². The van der Waals surface area contributed by atoms with Gasteiger partial charge in [-0.05, 0) is 24.3 Å². The first-order valence-corrected chi connectivity index (χ1v) is 8.67. The topological polar surface area (TPSA) is 80.8 Å². The van der Waals surface area contributed by atoms with Gasteiger partial charge in [-0.25, -0.2) is 0 Å². The second-order valence-electron chi connectivity index (χ2n) is 6.07. The molecule has 0 saturated heterocycles. The number of benzene rings is 2. The molecule has 0 aliphatic carbocycles. The average Bonchev–Trinajstić information content (AvgIpc) is 2.71. The number of nitrogens with zero attached hydrogens (tertiary/aromatic N) is 2. The molecule has 2 amide bonds. The first kappa shape index (κ1) is 19.2. The summed E-state index contributed by atoms with van der Waals surface area (Å²) in [5.41, 5.74) is 1.83. The van der Waals surface area contributed by atoms with E-state index in [4.69, 9.17) is 9.47 Å². The number of hydrogen-bond acceptors (Lipinski definition) is 5. The highest BCUT2D eigenvalue weighted by atomic mass is 16.5. The third-order valence-corrected chi connectivity index (χ3v) is 4.27. The predicted octanol–water partition coefficient (Wildman–Crippen LogP) is 3.24. The Morgan fingerprint density at radius 1 is 1.04 bits per heavy atom. The molecule has 0 unspecified atom stereocenters. The molecular weight excluding hydrogens is 358 g/mol. The van der Waals surface area contributed by atoms with Crippen molar-refractivity contribution in [1.29, 1.82) is 0 Å². The Bertz CT molecular complexity index is 1010. The third kappa shape index (κ3) is 4.03. The molecule has 0 aliphatic heterocycles. The SMILES string of the molecule is COc1ccc(N(CC(=O)Nc2cccc3cccnc23)C(C)=O)cc1OC. The minimum absolute atomic E-state index is 0.145. The van der Waals surface area contributed by atoms with Gasteiger partial charge in [0.2, 0.25) is 11.8 Å². The number of aromatic nitrogens is 1. The number of pyridine rings is 1. The van der Waals surface area contributed by atoms with Gasteiger partial charge in [0.1, 0.15) is 6.54 Å². The minimum Gasteiger partial charge on any atom is -0.493 e. The fourth-order valence-electron chi connectivity index (χ4n) is 2.92. The van der Waals surface area contributed by atoms with Gasteiger partial charge >= 0.3 is 0 Å². The highest BCUT2D eigenvalue weighted by molar-refractivity contribution is 6.05. The van der Waals surface area contributed by atoms with Crippen LogP contribution >= 0.6 is 0 Å². The summed E-state index contributed by atoms with van der Waals surface area (Å²) in [6.45, 7) is 1.26. The predicted molar refractivity (Wildman–Crippen MR) is 108 cm³/mol. The highest BCUT2D eigenvalue weighted by Gasteiger charge is 2.18. The summed E-state index contributed by atoms with van der Waals surface area (Å²) in [5.74, 6) is 0.424. The van der Waals surface area contributed by atoms with E-state index in [9.17, 15) is 9.59 Å². The van der Waals surface area contributed by atoms with E-state index in [0.717, 1.165) is 5.39 Å². The summed E-state index contributed by atoms with van der Waals surface area (Å²) in [6, 6.07) is 14.4. The Morgan fingerprint density at radius 3 is 2.50 bits per heavy atom. The standard InChI is InChI=1S/C21H21N3O4/c1-14(25)24(16-9-10-18(27-2)19(12-16)28-3)13-20(26)23-17-8-4-6-15-7-5-11-22-21(15)17/h4-12H,13H2,1-3H3,(H,23,26). The number of methoxy groups -OCH3 is 2. The second-order valence-corrected chi connectivity index (χ2v) is 6.07. The van der Waals surface area contributed by atoms with Crippen LogP contribution in [0.25, 0.3) is 10.9 Å². The van der Waals surface area contributed by atoms with Crippen LogP contribution in [0.1, 0.15) is 6.92 Å². The minimum atomic E-state index is -0.330. The van der Waals surface area contributed by atoms with E-state index in [1.54, 1.807) is 30.5 Å². The molecule has 3 rings (SSSR count). The Morgan fingerprint density at radius 2 is 1.79 bits per heavy atom. The molecule has 0 fully saturated rings. The van der Waals surface area contributed by atoms with Crippen molar-refractivity contribution in [2.24, 2.45) is 0 Å². The lowest BCUT2D eigenvalue weighted by molar-refractivity contribution is -0.120. The smallest absolute Gasteiger partial charge is 0.244 e. The number of carbonyl (C=O) groups is 2. The Labute approximate surface area is 162 Å². The fraction of sp³-hybridized carbons (Fsp3) is 0.190. The lowest BCUT2D eigenvalue weighted by Crippen LogP contribution is -2.36. The van der Waals surface area contributed by atoms with E-state index in [0.29, 0.717) is 28.4 Å². The van der Waals surface area contributed by atoms with Gasteiger partial charge in [0, 0.05) is 30.3 Å². The number of anilines is 2. The second kappa shape index (κ2) is 8.39. The summed E-state index contributed by atoms with van der Waals surface area (Å²) >= 11 is 0. The van der Waals surface area contributed by atoms with E-state index in [1.165, 1.54) is 26.0 Å². The summed E-state index contributed by atoms with van der Waals surface area (Å²) in [7, 11) is 3.05. The normalized spacial score (nSPS) is 10.4. The number of amides is 2. The monoisotopic (exact) mass is 379 g/mol. The third-order valence-electron chi connectivity index (χ3n) is 4.27. The molecule has 1 aromatic heterocycles. The molecule has 3 aromatic rings. The van der Waals surface area contributed by atoms with Crippen LogP contribution in [0.2, 0.25) is 0 Å². The number of fused-ring (bicyclic) bond motifs is 1. The van der Waals surface area contributed by atoms with Gasteiger partial charge in [-0.3, -0.25) is 14.6 Å². The van der Waals surface area contributed by atoms with Crippen molar-refractivity contribution < 1.29 is 19.1 Å². The van der Waals surface area contributed by atoms with Crippen LogP contribution in [0.3, 0.4) is 0 Å². The number of carbonyl (C=O) groups excluding carboxylic acids is 2. The molecule has 1 N–H and O–H groups in total. The zero-order valence-electron chi connectivity index (χ0n) is 15.9. The van der Waals surface area contributed by atoms with Gasteiger partial charge in [-0.15, -0.1) is 0 Å². The molecule has 2 aromatic carbocycles. The Kier molecular flexibility index (Phi) is 5.74. The van der Waals surface area contributed by atoms with Crippen LogP contribution in [0.15, 0.2) is 54.7 Å². The molecule has 0 spiro atoms. The first-order valence-electron chi connectivity index (χ1n) is 8.67. The maximum absolute atomic E-state index is 12.6. The number of nitrogens with one attached hydrogen (secondary N) is 1. The number of hydrogen-bond donors (Lipinski definition) is 1. The van der Waals surface area contributed by atoms with Crippen molar-refractivity contribution in [3.05, 3.63) is 54.7 Å². The maximum Gasteiger partial charge on any atom is 0.244 e. The van der Waals surface area contributed by atoms with Gasteiger partial charge in [0.25, 0.3) is 0 Å². The maximum atomic E-state index is 12.6. The van der Waals surface area contributed by atoms with E-state index in [-0.39, 0.29) is 18.4 Å². The van der Waals surface area contributed by atoms with Gasteiger partial charge in [0.05, 0.1) is 25.4 Å². The molecular formula is C21H21N3O4. The van der Waals surface area contributed by atoms with Crippen molar-refractivity contribution in [1.82, 2.24) is 4.98 Å². The van der Waals surface area contributed by atoms with Gasteiger partial charge < -0.3 is 19.7 Å². The van der Waals surface area contributed by atoms with Crippen molar-refractivity contribution in [2.75, 3.05) is 31.0 Å². The largest absolute Gasteiger partial charge is 0.493 e. The molecule has 0 saturated carbocycles. The Hall–Kier alpha value is -3.61. The quantitative estimate of drug-likeness (QED) is 0.711. The van der Waals surface area contributed by atoms with Crippen molar-refractivity contribution in [2.45, 2.75) is 6.92 Å². The summed E-state index contributed by atoms with van der Waals surface area (Å²) < 4.78 is 10.5. The number of para-hydroxylation sites is 1. The van der Waals surface area contributed by atoms with Crippen LogP contribution in [0.4, 0.5) is 11.4 Å². The van der Waals surface area contributed by atoms with E-state index in [2.05, 4.69) is 10.3 Å².